The summed E-state index contributed by atoms with van der Waals surface area (Å²) >= 11 is 7.51. The maximum absolute atomic E-state index is 12.0. The molecule has 114 valence electrons. The third-order valence-electron chi connectivity index (χ3n) is 3.21. The molecule has 0 radical (unpaired) electrons. The van der Waals surface area contributed by atoms with Gasteiger partial charge in [0.25, 0.3) is 0 Å². The molecule has 5 nitrogen and oxygen atoms in total. The normalized spacial score (nSPS) is 11.0. The Hall–Kier alpha value is -2.05. The van der Waals surface area contributed by atoms with E-state index in [0.717, 1.165) is 6.42 Å². The number of fused-ring (bicyclic) bond motifs is 1. The third-order valence-corrected chi connectivity index (χ3v) is 4.38. The second kappa shape index (κ2) is 6.37. The van der Waals surface area contributed by atoms with Gasteiger partial charge < -0.3 is 9.73 Å². The molecule has 2 aromatic heterocycles. The molecule has 0 fully saturated rings. The summed E-state index contributed by atoms with van der Waals surface area (Å²) in [5, 5.41) is 5.28. The van der Waals surface area contributed by atoms with Crippen molar-refractivity contribution < 1.29 is 9.21 Å². The average Bonchev–Trinajstić information content (AvgIpc) is 3.08. The Morgan fingerprint density at radius 1 is 1.36 bits per heavy atom. The number of nitrogens with zero attached hydrogens (tertiary/aromatic N) is 1. The Bertz CT molecular complexity index is 851. The molecular weight excluding hydrogens is 324 g/mol. The number of hydrogen-bond acceptors (Lipinski definition) is 4. The standard InChI is InChI=1S/C15H13ClN2O3S/c16-10-3-4-12-13(8-10)21-15(20)18(12)9-14(19)17-6-5-11-2-1-7-22-11/h1-4,7-8H,5-6,9H2,(H,17,19). The van der Waals surface area contributed by atoms with Gasteiger partial charge in [0.1, 0.15) is 6.54 Å². The van der Waals surface area contributed by atoms with E-state index in [1.165, 1.54) is 9.44 Å². The van der Waals surface area contributed by atoms with E-state index in [1.54, 1.807) is 29.5 Å². The van der Waals surface area contributed by atoms with Crippen LogP contribution in [0, 0.1) is 0 Å². The predicted octanol–water partition coefficient (Wildman–Crippen LogP) is 2.67. The predicted molar refractivity (Wildman–Crippen MR) is 86.5 cm³/mol. The quantitative estimate of drug-likeness (QED) is 0.779. The van der Waals surface area contributed by atoms with Crippen LogP contribution in [0.2, 0.25) is 5.02 Å². The van der Waals surface area contributed by atoms with Crippen molar-refractivity contribution in [2.24, 2.45) is 0 Å². The number of aromatic nitrogens is 1. The van der Waals surface area contributed by atoms with Crippen LogP contribution in [0.25, 0.3) is 11.1 Å². The van der Waals surface area contributed by atoms with Crippen molar-refractivity contribution in [3.05, 3.63) is 56.2 Å². The largest absolute Gasteiger partial charge is 0.420 e. The van der Waals surface area contributed by atoms with Gasteiger partial charge in [-0.1, -0.05) is 17.7 Å². The lowest BCUT2D eigenvalue weighted by Gasteiger charge is -2.05. The molecule has 1 N–H and O–H groups in total. The summed E-state index contributed by atoms with van der Waals surface area (Å²) in [4.78, 5) is 25.0. The van der Waals surface area contributed by atoms with Crippen LogP contribution < -0.4 is 11.1 Å². The number of hydrogen-bond donors (Lipinski definition) is 1. The Morgan fingerprint density at radius 3 is 3.00 bits per heavy atom. The SMILES string of the molecule is O=C(Cn1c(=O)oc2cc(Cl)ccc21)NCCc1cccs1. The fourth-order valence-corrected chi connectivity index (χ4v) is 3.04. The number of oxazole rings is 1. The van der Waals surface area contributed by atoms with Crippen LogP contribution in [-0.2, 0) is 17.8 Å². The zero-order chi connectivity index (χ0) is 15.5. The monoisotopic (exact) mass is 336 g/mol. The fraction of sp³-hybridized carbons (Fsp3) is 0.200. The van der Waals surface area contributed by atoms with Crippen molar-refractivity contribution in [3.63, 3.8) is 0 Å². The van der Waals surface area contributed by atoms with Crippen molar-refractivity contribution in [3.8, 4) is 0 Å². The van der Waals surface area contributed by atoms with Gasteiger partial charge in [-0.2, -0.15) is 0 Å². The molecule has 0 bridgehead atoms. The van der Waals surface area contributed by atoms with Gasteiger partial charge in [0, 0.05) is 22.5 Å². The van der Waals surface area contributed by atoms with E-state index in [2.05, 4.69) is 5.32 Å². The Labute approximate surface area is 135 Å². The first-order chi connectivity index (χ1) is 10.6. The van der Waals surface area contributed by atoms with Gasteiger partial charge in [0.15, 0.2) is 5.58 Å². The molecule has 0 unspecified atom stereocenters. The summed E-state index contributed by atoms with van der Waals surface area (Å²) in [6, 6.07) is 8.88. The summed E-state index contributed by atoms with van der Waals surface area (Å²) in [6.07, 6.45) is 0.778. The molecule has 3 rings (SSSR count). The van der Waals surface area contributed by atoms with Gasteiger partial charge in [0.05, 0.1) is 5.52 Å². The molecule has 0 aliphatic heterocycles. The zero-order valence-electron chi connectivity index (χ0n) is 11.5. The molecule has 0 saturated heterocycles. The minimum absolute atomic E-state index is 0.0715. The Morgan fingerprint density at radius 2 is 2.23 bits per heavy atom. The molecule has 2 heterocycles. The molecule has 0 spiro atoms. The zero-order valence-corrected chi connectivity index (χ0v) is 13.1. The van der Waals surface area contributed by atoms with E-state index in [4.69, 9.17) is 16.0 Å². The lowest BCUT2D eigenvalue weighted by molar-refractivity contribution is -0.121. The first kappa shape index (κ1) is 14.9. The van der Waals surface area contributed by atoms with Gasteiger partial charge in [-0.05, 0) is 30.0 Å². The first-order valence-corrected chi connectivity index (χ1v) is 7.97. The summed E-state index contributed by atoms with van der Waals surface area (Å²) in [7, 11) is 0. The topological polar surface area (TPSA) is 64.2 Å². The van der Waals surface area contributed by atoms with E-state index in [9.17, 15) is 9.59 Å². The highest BCUT2D eigenvalue weighted by Gasteiger charge is 2.12. The number of thiophene rings is 1. The molecule has 0 atom stereocenters. The van der Waals surface area contributed by atoms with E-state index in [0.29, 0.717) is 22.7 Å². The molecule has 0 saturated carbocycles. The number of rotatable bonds is 5. The van der Waals surface area contributed by atoms with Gasteiger partial charge in [-0.25, -0.2) is 4.79 Å². The molecule has 1 amide bonds. The number of nitrogens with one attached hydrogen (secondary N) is 1. The van der Waals surface area contributed by atoms with Crippen molar-refractivity contribution in [2.75, 3.05) is 6.54 Å². The average molecular weight is 337 g/mol. The van der Waals surface area contributed by atoms with Crippen LogP contribution in [0.15, 0.2) is 44.9 Å². The third kappa shape index (κ3) is 3.23. The Kier molecular flexibility index (Phi) is 4.31. The molecule has 0 aliphatic rings. The number of halogens is 1. The fourth-order valence-electron chi connectivity index (χ4n) is 2.17. The van der Waals surface area contributed by atoms with Crippen molar-refractivity contribution in [1.82, 2.24) is 9.88 Å². The van der Waals surface area contributed by atoms with Crippen LogP contribution in [0.3, 0.4) is 0 Å². The maximum Gasteiger partial charge on any atom is 0.420 e. The van der Waals surface area contributed by atoms with Crippen molar-refractivity contribution in [1.29, 1.82) is 0 Å². The van der Waals surface area contributed by atoms with E-state index in [1.807, 2.05) is 17.5 Å². The van der Waals surface area contributed by atoms with Gasteiger partial charge in [-0.15, -0.1) is 11.3 Å². The highest BCUT2D eigenvalue weighted by molar-refractivity contribution is 7.09. The lowest BCUT2D eigenvalue weighted by Crippen LogP contribution is -2.32. The van der Waals surface area contributed by atoms with E-state index in [-0.39, 0.29) is 12.5 Å². The molecule has 3 aromatic rings. The summed E-state index contributed by atoms with van der Waals surface area (Å²) < 4.78 is 6.39. The second-order valence-corrected chi connectivity index (χ2v) is 6.21. The van der Waals surface area contributed by atoms with Crippen LogP contribution >= 0.6 is 22.9 Å². The summed E-state index contributed by atoms with van der Waals surface area (Å²) in [6.45, 7) is 0.466. The lowest BCUT2D eigenvalue weighted by atomic mass is 10.3. The van der Waals surface area contributed by atoms with Crippen molar-refractivity contribution in [2.45, 2.75) is 13.0 Å². The number of carbonyl (C=O) groups is 1. The minimum Gasteiger partial charge on any atom is -0.408 e. The van der Waals surface area contributed by atoms with Crippen LogP contribution in [0.1, 0.15) is 4.88 Å². The highest BCUT2D eigenvalue weighted by Crippen LogP contribution is 2.18. The summed E-state index contributed by atoms with van der Waals surface area (Å²) in [5.41, 5.74) is 0.937. The van der Waals surface area contributed by atoms with E-state index >= 15 is 0 Å². The first-order valence-electron chi connectivity index (χ1n) is 6.71. The summed E-state index contributed by atoms with van der Waals surface area (Å²) in [5.74, 6) is -0.790. The van der Waals surface area contributed by atoms with Gasteiger partial charge in [0.2, 0.25) is 5.91 Å². The smallest absolute Gasteiger partial charge is 0.408 e. The molecule has 0 aliphatic carbocycles. The molecule has 22 heavy (non-hydrogen) atoms. The number of carbonyl (C=O) groups excluding carboxylic acids is 1. The molecule has 7 heteroatoms. The van der Waals surface area contributed by atoms with Gasteiger partial charge >= 0.3 is 5.76 Å². The maximum atomic E-state index is 12.0. The minimum atomic E-state index is -0.564. The number of benzene rings is 1. The second-order valence-electron chi connectivity index (χ2n) is 4.75. The Balaban J connectivity index is 1.66. The molecule has 1 aromatic carbocycles. The van der Waals surface area contributed by atoms with Crippen LogP contribution in [0.4, 0.5) is 0 Å². The van der Waals surface area contributed by atoms with Gasteiger partial charge in [-0.3, -0.25) is 9.36 Å². The highest BCUT2D eigenvalue weighted by atomic mass is 35.5. The number of amides is 1. The van der Waals surface area contributed by atoms with Crippen LogP contribution in [0.5, 0.6) is 0 Å². The van der Waals surface area contributed by atoms with E-state index < -0.39 is 5.76 Å². The van der Waals surface area contributed by atoms with Crippen LogP contribution in [-0.4, -0.2) is 17.0 Å². The van der Waals surface area contributed by atoms with Crippen molar-refractivity contribution >= 4 is 39.9 Å². The molecular formula is C15H13ClN2O3S.